The van der Waals surface area contributed by atoms with E-state index >= 15 is 0 Å². The first-order chi connectivity index (χ1) is 9.60. The molecule has 1 unspecified atom stereocenters. The second-order valence-corrected chi connectivity index (χ2v) is 5.65. The van der Waals surface area contributed by atoms with Gasteiger partial charge in [-0.15, -0.1) is 11.3 Å². The molecule has 2 N–H and O–H groups in total. The van der Waals surface area contributed by atoms with E-state index in [1.54, 1.807) is 16.0 Å². The number of aliphatic carboxylic acids is 1. The van der Waals surface area contributed by atoms with E-state index in [2.05, 4.69) is 17.3 Å². The number of rotatable bonds is 7. The Morgan fingerprint density at radius 1 is 1.60 bits per heavy atom. The smallest absolute Gasteiger partial charge is 0.305 e. The predicted molar refractivity (Wildman–Crippen MR) is 78.7 cm³/mol. The highest BCUT2D eigenvalue weighted by Crippen LogP contribution is 2.22. The molecule has 6 heteroatoms. The van der Waals surface area contributed by atoms with Crippen LogP contribution in [0.3, 0.4) is 0 Å². The maximum Gasteiger partial charge on any atom is 0.305 e. The highest BCUT2D eigenvalue weighted by molar-refractivity contribution is 7.10. The fraction of sp³-hybridized carbons (Fsp3) is 0.429. The van der Waals surface area contributed by atoms with Gasteiger partial charge in [0.05, 0.1) is 18.2 Å². The molecule has 0 aliphatic heterocycles. The molecule has 20 heavy (non-hydrogen) atoms. The van der Waals surface area contributed by atoms with Gasteiger partial charge in [0.2, 0.25) is 0 Å². The fourth-order valence-corrected chi connectivity index (χ4v) is 3.00. The first-order valence-electron chi connectivity index (χ1n) is 6.60. The van der Waals surface area contributed by atoms with E-state index in [0.29, 0.717) is 6.54 Å². The third-order valence-corrected chi connectivity index (χ3v) is 4.12. The molecule has 5 nitrogen and oxygen atoms in total. The Bertz CT molecular complexity index is 563. The maximum atomic E-state index is 11.0. The Hall–Kier alpha value is -1.66. The van der Waals surface area contributed by atoms with E-state index in [1.165, 1.54) is 0 Å². The highest BCUT2D eigenvalue weighted by Gasteiger charge is 2.17. The monoisotopic (exact) mass is 293 g/mol. The minimum absolute atomic E-state index is 0.0855. The topological polar surface area (TPSA) is 67.2 Å². The van der Waals surface area contributed by atoms with Crippen LogP contribution in [0.5, 0.6) is 0 Å². The number of carbonyl (C=O) groups is 1. The molecular formula is C14H19N3O2S. The van der Waals surface area contributed by atoms with Crippen LogP contribution in [0.15, 0.2) is 23.7 Å². The molecule has 2 rings (SSSR count). The van der Waals surface area contributed by atoms with E-state index in [4.69, 9.17) is 5.11 Å². The van der Waals surface area contributed by atoms with Crippen LogP contribution in [0.4, 0.5) is 0 Å². The molecule has 0 radical (unpaired) electrons. The zero-order chi connectivity index (χ0) is 14.5. The van der Waals surface area contributed by atoms with E-state index in [1.807, 2.05) is 30.8 Å². The van der Waals surface area contributed by atoms with E-state index < -0.39 is 5.97 Å². The third kappa shape index (κ3) is 3.68. The summed E-state index contributed by atoms with van der Waals surface area (Å²) in [5.74, 6) is -0.794. The summed E-state index contributed by atoms with van der Waals surface area (Å²) in [5.41, 5.74) is 2.18. The molecule has 2 heterocycles. The van der Waals surface area contributed by atoms with Gasteiger partial charge in [-0.1, -0.05) is 13.0 Å². The van der Waals surface area contributed by atoms with Crippen LogP contribution in [0.1, 0.15) is 35.5 Å². The summed E-state index contributed by atoms with van der Waals surface area (Å²) in [5, 5.41) is 18.7. The molecule has 0 bridgehead atoms. The van der Waals surface area contributed by atoms with Crippen LogP contribution in [0.2, 0.25) is 0 Å². The molecule has 0 aliphatic carbocycles. The minimum Gasteiger partial charge on any atom is -0.481 e. The lowest BCUT2D eigenvalue weighted by atomic mass is 10.1. The number of carboxylic acids is 1. The lowest BCUT2D eigenvalue weighted by molar-refractivity contribution is -0.137. The van der Waals surface area contributed by atoms with Gasteiger partial charge in [-0.25, -0.2) is 0 Å². The Morgan fingerprint density at radius 3 is 3.00 bits per heavy atom. The van der Waals surface area contributed by atoms with Gasteiger partial charge in [-0.2, -0.15) is 5.10 Å². The Morgan fingerprint density at radius 2 is 2.40 bits per heavy atom. The Kier molecular flexibility index (Phi) is 4.92. The zero-order valence-corrected chi connectivity index (χ0v) is 12.5. The van der Waals surface area contributed by atoms with Gasteiger partial charge in [-0.3, -0.25) is 9.48 Å². The second-order valence-electron chi connectivity index (χ2n) is 4.68. The highest BCUT2D eigenvalue weighted by atomic mass is 32.1. The molecule has 2 aromatic heterocycles. The van der Waals surface area contributed by atoms with Crippen LogP contribution in [-0.4, -0.2) is 20.9 Å². The zero-order valence-electron chi connectivity index (χ0n) is 11.7. The number of hydrogen-bond donors (Lipinski definition) is 2. The summed E-state index contributed by atoms with van der Waals surface area (Å²) in [4.78, 5) is 12.0. The minimum atomic E-state index is -0.794. The maximum absolute atomic E-state index is 11.0. The number of carboxylic acid groups (broad SMARTS) is 1. The lowest BCUT2D eigenvalue weighted by Crippen LogP contribution is -2.23. The predicted octanol–water partition coefficient (Wildman–Crippen LogP) is 2.35. The van der Waals surface area contributed by atoms with Crippen molar-refractivity contribution in [1.82, 2.24) is 15.1 Å². The molecule has 2 aromatic rings. The molecule has 0 aliphatic rings. The molecule has 108 valence electrons. The summed E-state index contributed by atoms with van der Waals surface area (Å²) in [6, 6.07) is 3.75. The number of nitrogens with one attached hydrogen (secondary N) is 1. The Labute approximate surface area is 122 Å². The quantitative estimate of drug-likeness (QED) is 0.822. The Balaban J connectivity index is 2.06. The average molecular weight is 293 g/mol. The molecule has 0 amide bonds. The van der Waals surface area contributed by atoms with Gasteiger partial charge in [0.15, 0.2) is 0 Å². The molecular weight excluding hydrogens is 274 g/mol. The number of aryl methyl sites for hydroxylation is 2. The van der Waals surface area contributed by atoms with Crippen molar-refractivity contribution in [1.29, 1.82) is 0 Å². The molecule has 0 aromatic carbocycles. The summed E-state index contributed by atoms with van der Waals surface area (Å²) in [7, 11) is 1.90. The van der Waals surface area contributed by atoms with Crippen LogP contribution in [0, 0.1) is 0 Å². The number of thiophene rings is 1. The van der Waals surface area contributed by atoms with Gasteiger partial charge < -0.3 is 10.4 Å². The normalized spacial score (nSPS) is 12.5. The lowest BCUT2D eigenvalue weighted by Gasteiger charge is -2.15. The second kappa shape index (κ2) is 6.67. The van der Waals surface area contributed by atoms with Gasteiger partial charge in [-0.05, 0) is 17.9 Å². The van der Waals surface area contributed by atoms with Gasteiger partial charge in [0, 0.05) is 30.2 Å². The molecule has 0 saturated heterocycles. The molecule has 0 fully saturated rings. The summed E-state index contributed by atoms with van der Waals surface area (Å²) in [6.45, 7) is 2.70. The summed E-state index contributed by atoms with van der Waals surface area (Å²) < 4.78 is 1.80. The number of aromatic nitrogens is 2. The van der Waals surface area contributed by atoms with Gasteiger partial charge in [0.1, 0.15) is 0 Å². The van der Waals surface area contributed by atoms with Crippen molar-refractivity contribution < 1.29 is 9.90 Å². The molecule has 0 saturated carbocycles. The number of hydrogen-bond acceptors (Lipinski definition) is 4. The summed E-state index contributed by atoms with van der Waals surface area (Å²) in [6.07, 6.45) is 2.95. The van der Waals surface area contributed by atoms with Crippen molar-refractivity contribution in [2.24, 2.45) is 7.05 Å². The first-order valence-corrected chi connectivity index (χ1v) is 7.48. The van der Waals surface area contributed by atoms with Gasteiger partial charge in [0.25, 0.3) is 0 Å². The van der Waals surface area contributed by atoms with Crippen molar-refractivity contribution in [3.8, 4) is 0 Å². The van der Waals surface area contributed by atoms with Crippen molar-refractivity contribution in [3.63, 3.8) is 0 Å². The van der Waals surface area contributed by atoms with Crippen molar-refractivity contribution in [3.05, 3.63) is 39.8 Å². The van der Waals surface area contributed by atoms with Crippen molar-refractivity contribution in [2.75, 3.05) is 0 Å². The SMILES string of the molecule is CCc1nn(C)cc1CNC(CC(=O)O)c1cccs1. The van der Waals surface area contributed by atoms with Crippen LogP contribution >= 0.6 is 11.3 Å². The molecule has 1 atom stereocenters. The third-order valence-electron chi connectivity index (χ3n) is 3.13. The fourth-order valence-electron chi connectivity index (χ4n) is 2.20. The van der Waals surface area contributed by atoms with E-state index in [-0.39, 0.29) is 12.5 Å². The molecule has 0 spiro atoms. The van der Waals surface area contributed by atoms with E-state index in [0.717, 1.165) is 22.6 Å². The summed E-state index contributed by atoms with van der Waals surface area (Å²) >= 11 is 1.58. The van der Waals surface area contributed by atoms with Crippen LogP contribution < -0.4 is 5.32 Å². The van der Waals surface area contributed by atoms with Crippen molar-refractivity contribution in [2.45, 2.75) is 32.4 Å². The van der Waals surface area contributed by atoms with Crippen molar-refractivity contribution >= 4 is 17.3 Å². The first kappa shape index (κ1) is 14.7. The standard InChI is InChI=1S/C14H19N3O2S/c1-3-11-10(9-17(2)16-11)8-15-12(7-14(18)19)13-5-4-6-20-13/h4-6,9,12,15H,3,7-8H2,1-2H3,(H,18,19). The largest absolute Gasteiger partial charge is 0.481 e. The van der Waals surface area contributed by atoms with Gasteiger partial charge >= 0.3 is 5.97 Å². The average Bonchev–Trinajstić information content (AvgIpc) is 3.03. The van der Waals surface area contributed by atoms with Crippen LogP contribution in [0.25, 0.3) is 0 Å². The van der Waals surface area contributed by atoms with E-state index in [9.17, 15) is 4.79 Å². The van der Waals surface area contributed by atoms with Crippen LogP contribution in [-0.2, 0) is 24.8 Å². The number of nitrogens with zero attached hydrogens (tertiary/aromatic N) is 2.